The van der Waals surface area contributed by atoms with E-state index in [1.807, 2.05) is 30.3 Å². The molecule has 55 heavy (non-hydrogen) atoms. The Kier molecular flexibility index (Phi) is 11.9. The van der Waals surface area contributed by atoms with Gasteiger partial charge in [0, 0.05) is 38.0 Å². The Morgan fingerprint density at radius 3 is 2.13 bits per heavy atom. The van der Waals surface area contributed by atoms with E-state index in [1.54, 1.807) is 0 Å². The Morgan fingerprint density at radius 1 is 0.873 bits per heavy atom. The fourth-order valence-corrected chi connectivity index (χ4v) is 13.7. The van der Waals surface area contributed by atoms with Crippen LogP contribution in [0.2, 0.25) is 5.04 Å². The lowest BCUT2D eigenvalue weighted by atomic mass is 9.80. The summed E-state index contributed by atoms with van der Waals surface area (Å²) in [5.41, 5.74) is -0.414. The molecular formula is C45H58O9Si. The van der Waals surface area contributed by atoms with Crippen LogP contribution >= 0.6 is 0 Å². The quantitative estimate of drug-likeness (QED) is 0.118. The van der Waals surface area contributed by atoms with E-state index < -0.39 is 50.1 Å². The first-order valence-electron chi connectivity index (χ1n) is 19.8. The Bertz CT molecular complexity index is 1710. The summed E-state index contributed by atoms with van der Waals surface area (Å²) in [6.07, 6.45) is 0.476. The summed E-state index contributed by atoms with van der Waals surface area (Å²) in [4.78, 5) is 12.9. The molecule has 0 amide bonds. The molecule has 0 spiro atoms. The second-order valence-electron chi connectivity index (χ2n) is 17.0. The molecule has 9 atom stereocenters. The van der Waals surface area contributed by atoms with Crippen molar-refractivity contribution in [2.75, 3.05) is 26.9 Å². The number of rotatable bonds is 11. The molecule has 3 aromatic rings. The van der Waals surface area contributed by atoms with Gasteiger partial charge in [-0.05, 0) is 42.1 Å². The van der Waals surface area contributed by atoms with Crippen LogP contribution in [0.4, 0.5) is 0 Å². The Balaban J connectivity index is 1.21. The predicted molar refractivity (Wildman–Crippen MR) is 213 cm³/mol. The standard InChI is InChI=1S/C45H58O9Si/c1-31(41(46)47-7)40-37(28-36-35(52-40)24-17-26-48-36)51-38-29-39-45(6,30-49-42(53-39)32-18-11-8-12-19-32)54-44(38,5)25-27-50-55(43(2,3)4,33-20-13-9-14-21-33)34-22-15-10-16-23-34/h8-16,18-23,35-40,42H,1,17,24-30H2,2-7H3/t35-,36+,37-,38+,39?,40+,42+,44-,45+/m0/s1. The van der Waals surface area contributed by atoms with Gasteiger partial charge in [0.25, 0.3) is 8.32 Å². The van der Waals surface area contributed by atoms with Gasteiger partial charge >= 0.3 is 5.97 Å². The molecule has 4 fully saturated rings. The predicted octanol–water partition coefficient (Wildman–Crippen LogP) is 6.82. The first kappa shape index (κ1) is 40.0. The summed E-state index contributed by atoms with van der Waals surface area (Å²) in [5.74, 6) is -0.513. The zero-order valence-electron chi connectivity index (χ0n) is 33.2. The van der Waals surface area contributed by atoms with Crippen molar-refractivity contribution in [2.24, 2.45) is 0 Å². The summed E-state index contributed by atoms with van der Waals surface area (Å²) in [6, 6.07) is 31.3. The molecule has 0 radical (unpaired) electrons. The maximum absolute atomic E-state index is 12.9. The van der Waals surface area contributed by atoms with Crippen molar-refractivity contribution in [3.8, 4) is 0 Å². The monoisotopic (exact) mass is 770 g/mol. The van der Waals surface area contributed by atoms with Crippen molar-refractivity contribution >= 4 is 24.7 Å². The zero-order chi connectivity index (χ0) is 38.8. The van der Waals surface area contributed by atoms with E-state index in [9.17, 15) is 4.79 Å². The fraction of sp³-hybridized carbons (Fsp3) is 0.533. The number of fused-ring (bicyclic) bond motifs is 2. The minimum Gasteiger partial charge on any atom is -0.466 e. The summed E-state index contributed by atoms with van der Waals surface area (Å²) < 4.78 is 52.9. The SMILES string of the molecule is C=C(C(=O)OC)[C@H]1O[C@H]2CCCO[C@@H]2C[C@@H]1O[C@@H]1CC2O[C@H](c3ccccc3)OC[C@@]2(C)O[C@@]1(C)CCO[Si](c1ccccc1)(c1ccccc1)C(C)(C)C. The number of benzene rings is 3. The lowest BCUT2D eigenvalue weighted by Crippen LogP contribution is -2.68. The maximum atomic E-state index is 12.9. The smallest absolute Gasteiger partial charge is 0.335 e. The summed E-state index contributed by atoms with van der Waals surface area (Å²) in [6.45, 7) is 16.6. The molecule has 10 heteroatoms. The number of carbonyl (C=O) groups is 1. The van der Waals surface area contributed by atoms with E-state index in [-0.39, 0.29) is 28.9 Å². The molecule has 3 aromatic carbocycles. The van der Waals surface area contributed by atoms with Crippen molar-refractivity contribution in [3.05, 3.63) is 109 Å². The minimum absolute atomic E-state index is 0.150. The van der Waals surface area contributed by atoms with Crippen LogP contribution in [-0.4, -0.2) is 89.0 Å². The average Bonchev–Trinajstić information content (AvgIpc) is 3.19. The number of hydrogen-bond acceptors (Lipinski definition) is 9. The first-order chi connectivity index (χ1) is 26.4. The third-order valence-electron chi connectivity index (χ3n) is 12.1. The molecule has 4 saturated heterocycles. The number of hydrogen-bond donors (Lipinski definition) is 0. The van der Waals surface area contributed by atoms with Gasteiger partial charge < -0.3 is 37.6 Å². The Labute approximate surface area is 327 Å². The number of esters is 1. The van der Waals surface area contributed by atoms with Crippen LogP contribution < -0.4 is 10.4 Å². The Hall–Kier alpha value is -3.19. The number of ether oxygens (including phenoxy) is 7. The van der Waals surface area contributed by atoms with Gasteiger partial charge in [-0.3, -0.25) is 0 Å². The van der Waals surface area contributed by atoms with Gasteiger partial charge in [0.1, 0.15) is 11.7 Å². The number of carbonyl (C=O) groups excluding carboxylic acids is 1. The van der Waals surface area contributed by atoms with E-state index in [0.29, 0.717) is 39.1 Å². The molecule has 296 valence electrons. The lowest BCUT2D eigenvalue weighted by Gasteiger charge is -2.56. The van der Waals surface area contributed by atoms with Crippen LogP contribution in [0.5, 0.6) is 0 Å². The van der Waals surface area contributed by atoms with Crippen LogP contribution in [0.1, 0.15) is 78.6 Å². The summed E-state index contributed by atoms with van der Waals surface area (Å²) in [7, 11) is -1.47. The third kappa shape index (κ3) is 8.02. The van der Waals surface area contributed by atoms with E-state index >= 15 is 0 Å². The molecule has 0 bridgehead atoms. The van der Waals surface area contributed by atoms with Gasteiger partial charge in [-0.2, -0.15) is 0 Å². The minimum atomic E-state index is -2.84. The van der Waals surface area contributed by atoms with Crippen molar-refractivity contribution in [1.29, 1.82) is 0 Å². The van der Waals surface area contributed by atoms with Gasteiger partial charge in [-0.1, -0.05) is 118 Å². The van der Waals surface area contributed by atoms with E-state index in [2.05, 4.69) is 102 Å². The molecule has 4 aliphatic heterocycles. The Morgan fingerprint density at radius 2 is 1.51 bits per heavy atom. The van der Waals surface area contributed by atoms with Crippen LogP contribution in [0.15, 0.2) is 103 Å². The highest BCUT2D eigenvalue weighted by atomic mass is 28.4. The van der Waals surface area contributed by atoms with E-state index in [0.717, 1.165) is 18.4 Å². The molecule has 4 aliphatic rings. The van der Waals surface area contributed by atoms with Crippen LogP contribution in [0.25, 0.3) is 0 Å². The summed E-state index contributed by atoms with van der Waals surface area (Å²) in [5, 5.41) is 2.25. The second kappa shape index (κ2) is 16.3. The second-order valence-corrected chi connectivity index (χ2v) is 21.3. The number of methoxy groups -OCH3 is 1. The highest BCUT2D eigenvalue weighted by Crippen LogP contribution is 2.47. The zero-order valence-corrected chi connectivity index (χ0v) is 34.2. The summed E-state index contributed by atoms with van der Waals surface area (Å²) >= 11 is 0. The highest BCUT2D eigenvalue weighted by Gasteiger charge is 2.58. The first-order valence-corrected chi connectivity index (χ1v) is 21.7. The van der Waals surface area contributed by atoms with Crippen molar-refractivity contribution < 1.29 is 42.4 Å². The van der Waals surface area contributed by atoms with Gasteiger partial charge in [0.15, 0.2) is 6.29 Å². The van der Waals surface area contributed by atoms with Crippen molar-refractivity contribution in [2.45, 2.75) is 126 Å². The highest BCUT2D eigenvalue weighted by molar-refractivity contribution is 6.99. The van der Waals surface area contributed by atoms with E-state index in [1.165, 1.54) is 17.5 Å². The molecule has 0 N–H and O–H groups in total. The lowest BCUT2D eigenvalue weighted by molar-refractivity contribution is -0.367. The molecule has 9 nitrogen and oxygen atoms in total. The van der Waals surface area contributed by atoms with Gasteiger partial charge in [0.2, 0.25) is 0 Å². The average molecular weight is 771 g/mol. The maximum Gasteiger partial charge on any atom is 0.335 e. The molecule has 1 unspecified atom stereocenters. The van der Waals surface area contributed by atoms with Crippen molar-refractivity contribution in [1.82, 2.24) is 0 Å². The van der Waals surface area contributed by atoms with Crippen LogP contribution in [0.3, 0.4) is 0 Å². The van der Waals surface area contributed by atoms with Crippen LogP contribution in [0, 0.1) is 0 Å². The fourth-order valence-electron chi connectivity index (χ4n) is 9.18. The van der Waals surface area contributed by atoms with Crippen molar-refractivity contribution in [3.63, 3.8) is 0 Å². The molecule has 4 heterocycles. The van der Waals surface area contributed by atoms with Gasteiger partial charge in [-0.15, -0.1) is 0 Å². The molecule has 0 aliphatic carbocycles. The third-order valence-corrected chi connectivity index (χ3v) is 17.1. The normalized spacial score (nSPS) is 32.5. The van der Waals surface area contributed by atoms with Gasteiger partial charge in [-0.25, -0.2) is 4.79 Å². The van der Waals surface area contributed by atoms with E-state index in [4.69, 9.17) is 37.6 Å². The molecule has 0 saturated carbocycles. The molecular weight excluding hydrogens is 713 g/mol. The molecule has 7 rings (SSSR count). The van der Waals surface area contributed by atoms with Crippen LogP contribution in [-0.2, 0) is 42.4 Å². The van der Waals surface area contributed by atoms with Gasteiger partial charge in [0.05, 0.1) is 55.4 Å². The molecule has 0 aromatic heterocycles. The topological polar surface area (TPSA) is 90.9 Å². The largest absolute Gasteiger partial charge is 0.466 e.